The van der Waals surface area contributed by atoms with Gasteiger partial charge in [0.15, 0.2) is 11.6 Å². The molecule has 0 N–H and O–H groups in total. The number of halogens is 4. The van der Waals surface area contributed by atoms with Gasteiger partial charge in [-0.3, -0.25) is 0 Å². The summed E-state index contributed by atoms with van der Waals surface area (Å²) in [6, 6.07) is 3.63. The minimum Gasteiger partial charge on any atom is -0.373 e. The molecule has 0 spiro atoms. The van der Waals surface area contributed by atoms with Crippen LogP contribution in [0.25, 0.3) is 0 Å². The van der Waals surface area contributed by atoms with E-state index < -0.39 is 27.2 Å². The summed E-state index contributed by atoms with van der Waals surface area (Å²) in [7, 11) is -5.88. The largest absolute Gasteiger partial charge is 0.534 e. The Labute approximate surface area is 132 Å². The normalized spacial score (nSPS) is 18.1. The molecule has 23 heavy (non-hydrogen) atoms. The second-order valence-corrected chi connectivity index (χ2v) is 6.89. The summed E-state index contributed by atoms with van der Waals surface area (Å²) in [5.74, 6) is -2.14. The lowest BCUT2D eigenvalue weighted by Gasteiger charge is -2.31. The monoisotopic (exact) mass is 355 g/mol. The molecule has 4 nitrogen and oxygen atoms in total. The number of hydrogen-bond donors (Lipinski definition) is 0. The van der Waals surface area contributed by atoms with Crippen molar-refractivity contribution in [1.82, 2.24) is 4.90 Å². The van der Waals surface area contributed by atoms with E-state index in [2.05, 4.69) is 9.08 Å². The molecule has 9 heteroatoms. The fourth-order valence-electron chi connectivity index (χ4n) is 2.63. The highest BCUT2D eigenvalue weighted by Gasteiger charge is 2.49. The molecular formula is C14H17F4NO3S. The van der Waals surface area contributed by atoms with Crippen molar-refractivity contribution in [3.8, 4) is 5.75 Å². The molecule has 1 aromatic carbocycles. The van der Waals surface area contributed by atoms with E-state index in [1.165, 1.54) is 12.1 Å². The van der Waals surface area contributed by atoms with Gasteiger partial charge < -0.3 is 9.08 Å². The third-order valence-electron chi connectivity index (χ3n) is 3.95. The Balaban J connectivity index is 2.23. The van der Waals surface area contributed by atoms with E-state index in [9.17, 15) is 26.0 Å². The SMILES string of the molecule is CCN1CCC(c2cccc(OS(=O)(=O)C(F)(F)F)c2F)CC1. The van der Waals surface area contributed by atoms with Crippen LogP contribution in [-0.4, -0.2) is 38.5 Å². The first kappa shape index (κ1) is 18.0. The molecule has 1 fully saturated rings. The molecule has 1 aliphatic heterocycles. The molecule has 1 aromatic rings. The van der Waals surface area contributed by atoms with Gasteiger partial charge in [0.1, 0.15) is 0 Å². The Morgan fingerprint density at radius 2 is 1.87 bits per heavy atom. The van der Waals surface area contributed by atoms with Crippen LogP contribution in [0.5, 0.6) is 5.75 Å². The molecule has 0 aromatic heterocycles. The third-order valence-corrected chi connectivity index (χ3v) is 4.92. The first-order chi connectivity index (χ1) is 10.7. The zero-order valence-corrected chi connectivity index (χ0v) is 13.3. The highest BCUT2D eigenvalue weighted by molar-refractivity contribution is 7.88. The summed E-state index contributed by atoms with van der Waals surface area (Å²) < 4.78 is 77.4. The highest BCUT2D eigenvalue weighted by atomic mass is 32.2. The van der Waals surface area contributed by atoms with Crippen molar-refractivity contribution in [1.29, 1.82) is 0 Å². The smallest absolute Gasteiger partial charge is 0.373 e. The predicted octanol–water partition coefficient (Wildman–Crippen LogP) is 3.25. The van der Waals surface area contributed by atoms with Crippen LogP contribution in [0.1, 0.15) is 31.2 Å². The van der Waals surface area contributed by atoms with Crippen LogP contribution >= 0.6 is 0 Å². The molecule has 130 valence electrons. The number of hydrogen-bond acceptors (Lipinski definition) is 4. The van der Waals surface area contributed by atoms with Crippen molar-refractivity contribution >= 4 is 10.1 Å². The topological polar surface area (TPSA) is 46.6 Å². The zero-order chi connectivity index (χ0) is 17.3. The molecule has 0 saturated carbocycles. The summed E-state index contributed by atoms with van der Waals surface area (Å²) in [6.07, 6.45) is 1.31. The maximum absolute atomic E-state index is 14.4. The molecule has 0 unspecified atom stereocenters. The van der Waals surface area contributed by atoms with Gasteiger partial charge in [-0.25, -0.2) is 4.39 Å². The van der Waals surface area contributed by atoms with Crippen molar-refractivity contribution in [2.75, 3.05) is 19.6 Å². The molecule has 0 aliphatic carbocycles. The average Bonchev–Trinajstić information content (AvgIpc) is 2.48. The van der Waals surface area contributed by atoms with E-state index in [4.69, 9.17) is 0 Å². The van der Waals surface area contributed by atoms with Crippen molar-refractivity contribution in [2.45, 2.75) is 31.2 Å². The molecule has 2 rings (SSSR count). The lowest BCUT2D eigenvalue weighted by molar-refractivity contribution is -0.0501. The number of likely N-dealkylation sites (tertiary alicyclic amines) is 1. The minimum absolute atomic E-state index is 0.171. The Hall–Kier alpha value is -1.35. The molecule has 0 radical (unpaired) electrons. The Bertz CT molecular complexity index is 652. The summed E-state index contributed by atoms with van der Waals surface area (Å²) in [4.78, 5) is 2.18. The molecule has 1 saturated heterocycles. The van der Waals surface area contributed by atoms with Crippen LogP contribution in [0.2, 0.25) is 0 Å². The van der Waals surface area contributed by atoms with Crippen molar-refractivity contribution in [2.24, 2.45) is 0 Å². The quantitative estimate of drug-likeness (QED) is 0.473. The number of piperidine rings is 1. The second-order valence-electron chi connectivity index (χ2n) is 5.35. The van der Waals surface area contributed by atoms with Crippen LogP contribution in [0, 0.1) is 5.82 Å². The second kappa shape index (κ2) is 6.64. The minimum atomic E-state index is -5.88. The van der Waals surface area contributed by atoms with E-state index in [1.54, 1.807) is 0 Å². The standard InChI is InChI=1S/C14H17F4NO3S/c1-2-19-8-6-10(7-9-19)11-4-3-5-12(13(11)15)22-23(20,21)14(16,17)18/h3-5,10H,2,6-9H2,1H3. The molecule has 0 atom stereocenters. The lowest BCUT2D eigenvalue weighted by Crippen LogP contribution is -2.33. The van der Waals surface area contributed by atoms with E-state index >= 15 is 0 Å². The number of rotatable bonds is 4. The van der Waals surface area contributed by atoms with Crippen LogP contribution in [0.4, 0.5) is 17.6 Å². The molecule has 1 aliphatic rings. The van der Waals surface area contributed by atoms with Gasteiger partial charge >= 0.3 is 15.6 Å². The van der Waals surface area contributed by atoms with Gasteiger partial charge in [-0.1, -0.05) is 19.1 Å². The lowest BCUT2D eigenvalue weighted by atomic mass is 9.89. The van der Waals surface area contributed by atoms with E-state index in [0.29, 0.717) is 12.8 Å². The van der Waals surface area contributed by atoms with Gasteiger partial charge in [-0.05, 0) is 50.0 Å². The van der Waals surface area contributed by atoms with Crippen LogP contribution in [0.15, 0.2) is 18.2 Å². The van der Waals surface area contributed by atoms with Gasteiger partial charge in [-0.15, -0.1) is 0 Å². The Morgan fingerprint density at radius 1 is 1.26 bits per heavy atom. The van der Waals surface area contributed by atoms with E-state index in [-0.39, 0.29) is 11.5 Å². The predicted molar refractivity (Wildman–Crippen MR) is 76.1 cm³/mol. The Morgan fingerprint density at radius 3 is 2.39 bits per heavy atom. The summed E-state index contributed by atoms with van der Waals surface area (Å²) in [5.41, 5.74) is -5.40. The highest BCUT2D eigenvalue weighted by Crippen LogP contribution is 2.35. The summed E-state index contributed by atoms with van der Waals surface area (Å²) >= 11 is 0. The van der Waals surface area contributed by atoms with Gasteiger partial charge in [0, 0.05) is 0 Å². The molecular weight excluding hydrogens is 338 g/mol. The maximum Gasteiger partial charge on any atom is 0.534 e. The van der Waals surface area contributed by atoms with Crippen molar-refractivity contribution in [3.63, 3.8) is 0 Å². The van der Waals surface area contributed by atoms with Crippen LogP contribution in [0.3, 0.4) is 0 Å². The van der Waals surface area contributed by atoms with Crippen molar-refractivity contribution < 1.29 is 30.2 Å². The average molecular weight is 355 g/mol. The molecule has 0 amide bonds. The van der Waals surface area contributed by atoms with Gasteiger partial charge in [0.05, 0.1) is 0 Å². The first-order valence-corrected chi connectivity index (χ1v) is 8.58. The number of alkyl halides is 3. The number of nitrogens with zero attached hydrogens (tertiary/aromatic N) is 1. The Kier molecular flexibility index (Phi) is 5.20. The van der Waals surface area contributed by atoms with E-state index in [1.807, 2.05) is 6.92 Å². The molecule has 0 bridgehead atoms. The zero-order valence-electron chi connectivity index (χ0n) is 12.4. The van der Waals surface area contributed by atoms with E-state index in [0.717, 1.165) is 25.7 Å². The van der Waals surface area contributed by atoms with Crippen molar-refractivity contribution in [3.05, 3.63) is 29.6 Å². The van der Waals surface area contributed by atoms with Gasteiger partial charge in [-0.2, -0.15) is 21.6 Å². The van der Waals surface area contributed by atoms with Crippen LogP contribution in [-0.2, 0) is 10.1 Å². The fraction of sp³-hybridized carbons (Fsp3) is 0.571. The van der Waals surface area contributed by atoms with Gasteiger partial charge in [0.25, 0.3) is 0 Å². The fourth-order valence-corrected chi connectivity index (χ4v) is 3.09. The van der Waals surface area contributed by atoms with Gasteiger partial charge in [0.2, 0.25) is 0 Å². The van der Waals surface area contributed by atoms with Crippen LogP contribution < -0.4 is 4.18 Å². The summed E-state index contributed by atoms with van der Waals surface area (Å²) in [5, 5.41) is 0. The summed E-state index contributed by atoms with van der Waals surface area (Å²) in [6.45, 7) is 4.40. The maximum atomic E-state index is 14.4. The first-order valence-electron chi connectivity index (χ1n) is 7.17. The molecule has 1 heterocycles. The number of benzene rings is 1. The third kappa shape index (κ3) is 3.95.